The van der Waals surface area contributed by atoms with E-state index >= 15 is 0 Å². The molecular formula is C29H32ClN5O3. The lowest BCUT2D eigenvalue weighted by molar-refractivity contribution is -0.118. The van der Waals surface area contributed by atoms with Crippen molar-refractivity contribution in [2.45, 2.75) is 6.04 Å². The van der Waals surface area contributed by atoms with E-state index in [-0.39, 0.29) is 11.8 Å². The normalized spacial score (nSPS) is 14.8. The van der Waals surface area contributed by atoms with Crippen LogP contribution in [0, 0.1) is 0 Å². The first-order chi connectivity index (χ1) is 18.5. The highest BCUT2D eigenvalue weighted by Crippen LogP contribution is 2.20. The highest BCUT2D eigenvalue weighted by Gasteiger charge is 2.21. The van der Waals surface area contributed by atoms with Crippen LogP contribution in [0.1, 0.15) is 17.2 Å². The molecule has 9 heteroatoms. The number of hydrogen-bond donors (Lipinski definition) is 4. The SMILES string of the molecule is Nc1ccccc1NC(=O)C=Cc1ccc(C(NCCN2CCOCC2)C(=O)Nc2ccc(Cl)cc2)cc1. The molecule has 0 spiro atoms. The number of rotatable bonds is 10. The van der Waals surface area contributed by atoms with Crippen LogP contribution in [-0.2, 0) is 14.3 Å². The Kier molecular flexibility index (Phi) is 9.89. The minimum absolute atomic E-state index is 0.169. The summed E-state index contributed by atoms with van der Waals surface area (Å²) in [7, 11) is 0. The average Bonchev–Trinajstić information content (AvgIpc) is 2.93. The Hall–Kier alpha value is -3.69. The maximum absolute atomic E-state index is 13.3. The number of amides is 2. The zero-order valence-corrected chi connectivity index (χ0v) is 21.8. The van der Waals surface area contributed by atoms with Crippen molar-refractivity contribution in [1.82, 2.24) is 10.2 Å². The van der Waals surface area contributed by atoms with E-state index in [0.29, 0.717) is 28.6 Å². The number of nitrogen functional groups attached to an aromatic ring is 1. The molecule has 0 radical (unpaired) electrons. The number of hydrogen-bond acceptors (Lipinski definition) is 6. The van der Waals surface area contributed by atoms with Gasteiger partial charge in [-0.1, -0.05) is 48.0 Å². The van der Waals surface area contributed by atoms with Gasteiger partial charge in [-0.2, -0.15) is 0 Å². The average molecular weight is 534 g/mol. The molecule has 0 bridgehead atoms. The number of nitrogens with one attached hydrogen (secondary N) is 3. The van der Waals surface area contributed by atoms with Crippen LogP contribution >= 0.6 is 11.6 Å². The first-order valence-electron chi connectivity index (χ1n) is 12.5. The predicted molar refractivity (Wildman–Crippen MR) is 153 cm³/mol. The summed E-state index contributed by atoms with van der Waals surface area (Å²) in [4.78, 5) is 27.9. The fourth-order valence-corrected chi connectivity index (χ4v) is 4.18. The molecule has 38 heavy (non-hydrogen) atoms. The van der Waals surface area contributed by atoms with Crippen molar-refractivity contribution in [3.63, 3.8) is 0 Å². The Morgan fingerprint density at radius 3 is 2.39 bits per heavy atom. The Morgan fingerprint density at radius 1 is 0.974 bits per heavy atom. The third-order valence-corrected chi connectivity index (χ3v) is 6.42. The lowest BCUT2D eigenvalue weighted by atomic mass is 10.0. The summed E-state index contributed by atoms with van der Waals surface area (Å²) in [5, 5.41) is 9.74. The van der Waals surface area contributed by atoms with Gasteiger partial charge in [0.15, 0.2) is 0 Å². The van der Waals surface area contributed by atoms with Gasteiger partial charge < -0.3 is 26.4 Å². The third kappa shape index (κ3) is 8.16. The van der Waals surface area contributed by atoms with Crippen LogP contribution < -0.4 is 21.7 Å². The molecule has 0 saturated carbocycles. The Labute approximate surface area is 227 Å². The highest BCUT2D eigenvalue weighted by molar-refractivity contribution is 6.30. The summed E-state index contributed by atoms with van der Waals surface area (Å²) in [6, 6.07) is 21.1. The van der Waals surface area contributed by atoms with E-state index in [0.717, 1.165) is 44.0 Å². The molecule has 4 rings (SSSR count). The lowest BCUT2D eigenvalue weighted by Crippen LogP contribution is -2.42. The number of morpholine rings is 1. The smallest absolute Gasteiger partial charge is 0.248 e. The van der Waals surface area contributed by atoms with Gasteiger partial charge >= 0.3 is 0 Å². The summed E-state index contributed by atoms with van der Waals surface area (Å²) in [6.07, 6.45) is 3.17. The van der Waals surface area contributed by atoms with E-state index in [2.05, 4.69) is 20.9 Å². The lowest BCUT2D eigenvalue weighted by Gasteiger charge is -2.27. The number of anilines is 3. The summed E-state index contributed by atoms with van der Waals surface area (Å²) >= 11 is 5.98. The van der Waals surface area contributed by atoms with E-state index < -0.39 is 6.04 Å². The van der Waals surface area contributed by atoms with E-state index in [1.807, 2.05) is 36.4 Å². The van der Waals surface area contributed by atoms with E-state index in [1.165, 1.54) is 6.08 Å². The first-order valence-corrected chi connectivity index (χ1v) is 12.9. The largest absolute Gasteiger partial charge is 0.397 e. The van der Waals surface area contributed by atoms with Gasteiger partial charge in [0.25, 0.3) is 0 Å². The molecule has 0 aromatic heterocycles. The van der Waals surface area contributed by atoms with Gasteiger partial charge in [0.05, 0.1) is 24.6 Å². The molecular weight excluding hydrogens is 502 g/mol. The van der Waals surface area contributed by atoms with Crippen molar-refractivity contribution in [1.29, 1.82) is 0 Å². The van der Waals surface area contributed by atoms with Gasteiger partial charge in [-0.05, 0) is 53.6 Å². The van der Waals surface area contributed by atoms with Crippen molar-refractivity contribution in [2.24, 2.45) is 0 Å². The molecule has 1 unspecified atom stereocenters. The minimum atomic E-state index is -0.561. The molecule has 3 aromatic rings. The number of para-hydroxylation sites is 2. The zero-order valence-electron chi connectivity index (χ0n) is 21.0. The third-order valence-electron chi connectivity index (χ3n) is 6.17. The second kappa shape index (κ2) is 13.7. The maximum atomic E-state index is 13.3. The van der Waals surface area contributed by atoms with Crippen molar-refractivity contribution >= 4 is 46.6 Å². The van der Waals surface area contributed by atoms with Gasteiger partial charge in [-0.3, -0.25) is 14.5 Å². The van der Waals surface area contributed by atoms with E-state index in [9.17, 15) is 9.59 Å². The number of halogens is 1. The molecule has 198 valence electrons. The van der Waals surface area contributed by atoms with Crippen LogP contribution in [0.25, 0.3) is 6.08 Å². The van der Waals surface area contributed by atoms with Crippen LogP contribution in [-0.4, -0.2) is 56.1 Å². The molecule has 1 heterocycles. The minimum Gasteiger partial charge on any atom is -0.397 e. The van der Waals surface area contributed by atoms with Crippen LogP contribution in [0.3, 0.4) is 0 Å². The van der Waals surface area contributed by atoms with Crippen LogP contribution in [0.2, 0.25) is 5.02 Å². The number of benzene rings is 3. The zero-order chi connectivity index (χ0) is 26.7. The number of nitrogens with two attached hydrogens (primary N) is 1. The van der Waals surface area contributed by atoms with Crippen molar-refractivity contribution in [3.8, 4) is 0 Å². The fourth-order valence-electron chi connectivity index (χ4n) is 4.06. The molecule has 0 aliphatic carbocycles. The molecule has 1 aliphatic rings. The fraction of sp³-hybridized carbons (Fsp3) is 0.241. The molecule has 1 fully saturated rings. The van der Waals surface area contributed by atoms with Crippen molar-refractivity contribution in [3.05, 3.63) is 95.0 Å². The Bertz CT molecular complexity index is 1240. The topological polar surface area (TPSA) is 109 Å². The van der Waals surface area contributed by atoms with Gasteiger partial charge in [0, 0.05) is 43.0 Å². The van der Waals surface area contributed by atoms with Gasteiger partial charge in [0.2, 0.25) is 11.8 Å². The quantitative estimate of drug-likeness (QED) is 0.230. The van der Waals surface area contributed by atoms with Crippen LogP contribution in [0.4, 0.5) is 17.1 Å². The number of ether oxygens (including phenoxy) is 1. The van der Waals surface area contributed by atoms with Gasteiger partial charge in [-0.25, -0.2) is 0 Å². The van der Waals surface area contributed by atoms with Crippen molar-refractivity contribution < 1.29 is 14.3 Å². The summed E-state index contributed by atoms with van der Waals surface area (Å²) in [5.74, 6) is -0.450. The molecule has 8 nitrogen and oxygen atoms in total. The first kappa shape index (κ1) is 27.3. The number of nitrogens with zero attached hydrogens (tertiary/aromatic N) is 1. The van der Waals surface area contributed by atoms with Crippen LogP contribution in [0.5, 0.6) is 0 Å². The van der Waals surface area contributed by atoms with Gasteiger partial charge in [-0.15, -0.1) is 0 Å². The number of carbonyl (C=O) groups is 2. The monoisotopic (exact) mass is 533 g/mol. The summed E-state index contributed by atoms with van der Waals surface area (Å²) in [5.41, 5.74) is 9.27. The molecule has 1 aliphatic heterocycles. The summed E-state index contributed by atoms with van der Waals surface area (Å²) < 4.78 is 5.42. The molecule has 2 amide bonds. The van der Waals surface area contributed by atoms with E-state index in [1.54, 1.807) is 42.5 Å². The standard InChI is InChI=1S/C29H32ClN5O3/c30-23-10-12-24(13-11-23)33-29(37)28(32-15-16-35-17-19-38-20-18-35)22-8-5-21(6-9-22)7-14-27(36)34-26-4-2-1-3-25(26)31/h1-14,28,32H,15-20,31H2,(H,33,37)(H,34,36). The molecule has 3 aromatic carbocycles. The van der Waals surface area contributed by atoms with Crippen molar-refractivity contribution in [2.75, 3.05) is 55.8 Å². The maximum Gasteiger partial charge on any atom is 0.248 e. The van der Waals surface area contributed by atoms with Gasteiger partial charge in [0.1, 0.15) is 6.04 Å². The number of carbonyl (C=O) groups excluding carboxylic acids is 2. The molecule has 5 N–H and O–H groups in total. The second-order valence-electron chi connectivity index (χ2n) is 8.91. The molecule has 1 saturated heterocycles. The van der Waals surface area contributed by atoms with Crippen LogP contribution in [0.15, 0.2) is 78.9 Å². The summed E-state index contributed by atoms with van der Waals surface area (Å²) in [6.45, 7) is 4.68. The predicted octanol–water partition coefficient (Wildman–Crippen LogP) is 4.18. The second-order valence-corrected chi connectivity index (χ2v) is 9.35. The van der Waals surface area contributed by atoms with E-state index in [4.69, 9.17) is 22.1 Å². The Balaban J connectivity index is 1.41. The highest BCUT2D eigenvalue weighted by atomic mass is 35.5. The molecule has 1 atom stereocenters. The Morgan fingerprint density at radius 2 is 1.68 bits per heavy atom.